The number of primary amides is 1. The second-order valence-corrected chi connectivity index (χ2v) is 8.48. The summed E-state index contributed by atoms with van der Waals surface area (Å²) in [6.45, 7) is -1.26. The topological polar surface area (TPSA) is 157 Å². The summed E-state index contributed by atoms with van der Waals surface area (Å²) >= 11 is 0. The highest BCUT2D eigenvalue weighted by atomic mass is 16.6. The summed E-state index contributed by atoms with van der Waals surface area (Å²) in [6, 6.07) is 3.16. The molecule has 1 amide bonds. The largest absolute Gasteiger partial charge is 0.669 e. The molecule has 4 aliphatic rings. The average Bonchev–Trinajstić information content (AvgIpc) is 3.28. The van der Waals surface area contributed by atoms with Crippen LogP contribution in [0.5, 0.6) is 11.5 Å². The summed E-state index contributed by atoms with van der Waals surface area (Å²) < 4.78 is 11.2. The summed E-state index contributed by atoms with van der Waals surface area (Å²) in [5.41, 5.74) is 5.69. The molecule has 0 spiro atoms. The number of carboxylic acid groups (broad SMARTS) is 1. The number of ether oxygens (including phenoxy) is 1. The number of nitrogens with zero attached hydrogens (tertiary/aromatic N) is 1. The molecule has 10 nitrogen and oxygen atoms in total. The summed E-state index contributed by atoms with van der Waals surface area (Å²) in [6.07, 6.45) is 0.958. The lowest BCUT2D eigenvalue weighted by atomic mass is 9.68. The minimum atomic E-state index is -3.09. The van der Waals surface area contributed by atoms with E-state index in [2.05, 4.69) is 10.2 Å². The highest BCUT2D eigenvalue weighted by Gasteiger charge is 2.55. The first-order valence-electron chi connectivity index (χ1n) is 9.84. The molecule has 156 valence electrons. The van der Waals surface area contributed by atoms with Crippen LogP contribution in [0, 0.1) is 0 Å². The van der Waals surface area contributed by atoms with Gasteiger partial charge >= 0.3 is 6.75 Å². The van der Waals surface area contributed by atoms with Crippen molar-refractivity contribution >= 4 is 18.6 Å². The van der Waals surface area contributed by atoms with E-state index < -0.39 is 18.5 Å². The van der Waals surface area contributed by atoms with E-state index in [9.17, 15) is 24.7 Å². The first-order valence-corrected chi connectivity index (χ1v) is 9.84. The van der Waals surface area contributed by atoms with E-state index in [1.54, 1.807) is 12.1 Å². The molecule has 5 N–H and O–H groups in total. The Morgan fingerprint density at radius 2 is 2.07 bits per heavy atom. The van der Waals surface area contributed by atoms with Gasteiger partial charge in [0.15, 0.2) is 0 Å². The van der Waals surface area contributed by atoms with Crippen molar-refractivity contribution in [2.75, 3.05) is 19.6 Å². The third-order valence-electron chi connectivity index (χ3n) is 6.58. The molecule has 1 aromatic carbocycles. The lowest BCUT2D eigenvalue weighted by Gasteiger charge is -2.43. The van der Waals surface area contributed by atoms with Crippen molar-refractivity contribution in [3.05, 3.63) is 23.3 Å². The lowest BCUT2D eigenvalue weighted by Crippen LogP contribution is -2.58. The quantitative estimate of drug-likeness (QED) is 0.390. The van der Waals surface area contributed by atoms with Crippen molar-refractivity contribution < 1.29 is 34.1 Å². The van der Waals surface area contributed by atoms with Crippen molar-refractivity contribution in [1.29, 1.82) is 0 Å². The van der Waals surface area contributed by atoms with Gasteiger partial charge in [0.2, 0.25) is 5.91 Å². The molecular formula is C18H22BN3O7-2. The number of nitrogens with two attached hydrogens (primary N) is 1. The third-order valence-corrected chi connectivity index (χ3v) is 6.58. The summed E-state index contributed by atoms with van der Waals surface area (Å²) in [4.78, 5) is 25.2. The highest BCUT2D eigenvalue weighted by Crippen LogP contribution is 2.63. The van der Waals surface area contributed by atoms with Crippen LogP contribution in [0.25, 0.3) is 0 Å². The standard InChI is InChI=1S/C18H23BN3O7/c20-17(23)13-3-8(5-21-13)22-6-9(7-22)28-14-2-1-10-11-4-12(11)19(26,27)29-16(10)15(14)18(24)25/h1-2,8-9,11-13,21,26-27H,3-7H2,(H2,20,23)(H,24,25)/q-1/p-1/t8-,11-,12-,13-/m0/s1. The van der Waals surface area contributed by atoms with E-state index in [0.29, 0.717) is 38.0 Å². The monoisotopic (exact) mass is 403 g/mol. The van der Waals surface area contributed by atoms with Gasteiger partial charge < -0.3 is 40.4 Å². The molecule has 29 heavy (non-hydrogen) atoms. The SMILES string of the molecule is NC(=O)[C@@H]1C[C@H](N2CC(Oc3ccc4c(c3C(=O)[O-])O[B-](O)(O)[C@H]3C[C@@H]43)C2)CN1. The molecule has 0 radical (unpaired) electrons. The number of amides is 1. The molecule has 2 saturated heterocycles. The molecular weight excluding hydrogens is 381 g/mol. The minimum Gasteiger partial charge on any atom is -0.669 e. The third kappa shape index (κ3) is 3.05. The van der Waals surface area contributed by atoms with Crippen LogP contribution in [0.4, 0.5) is 0 Å². The zero-order valence-corrected chi connectivity index (χ0v) is 15.6. The van der Waals surface area contributed by atoms with Crippen LogP contribution in [0.2, 0.25) is 5.82 Å². The van der Waals surface area contributed by atoms with E-state index in [1.165, 1.54) is 0 Å². The molecule has 1 saturated carbocycles. The van der Waals surface area contributed by atoms with Crippen LogP contribution >= 0.6 is 0 Å². The fraction of sp³-hybridized carbons (Fsp3) is 0.556. The Hall–Kier alpha value is -2.34. The van der Waals surface area contributed by atoms with Gasteiger partial charge in [-0.2, -0.15) is 0 Å². The van der Waals surface area contributed by atoms with Crippen molar-refractivity contribution in [2.24, 2.45) is 5.73 Å². The first-order chi connectivity index (χ1) is 13.7. The first kappa shape index (κ1) is 18.7. The van der Waals surface area contributed by atoms with Crippen LogP contribution in [0.3, 0.4) is 0 Å². The Morgan fingerprint density at radius 1 is 1.31 bits per heavy atom. The number of carboxylic acids is 1. The van der Waals surface area contributed by atoms with Gasteiger partial charge in [0, 0.05) is 25.7 Å². The Morgan fingerprint density at radius 3 is 2.72 bits per heavy atom. The normalized spacial score (nSPS) is 32.5. The Bertz CT molecular complexity index is 888. The van der Waals surface area contributed by atoms with Crippen molar-refractivity contribution in [1.82, 2.24) is 10.2 Å². The van der Waals surface area contributed by atoms with Gasteiger partial charge in [0.05, 0.1) is 23.3 Å². The lowest BCUT2D eigenvalue weighted by molar-refractivity contribution is -0.255. The number of carbonyl (C=O) groups is 2. The number of carbonyl (C=O) groups excluding carboxylic acids is 2. The van der Waals surface area contributed by atoms with E-state index in [4.69, 9.17) is 15.1 Å². The van der Waals surface area contributed by atoms with E-state index in [0.717, 1.165) is 0 Å². The number of rotatable bonds is 5. The predicted molar refractivity (Wildman–Crippen MR) is 98.1 cm³/mol. The molecule has 4 atom stereocenters. The fourth-order valence-corrected chi connectivity index (χ4v) is 4.84. The van der Waals surface area contributed by atoms with E-state index in [1.807, 2.05) is 0 Å². The molecule has 3 fully saturated rings. The number of aromatic carboxylic acids is 1. The van der Waals surface area contributed by atoms with Gasteiger partial charge in [-0.15, -0.1) is 0 Å². The molecule has 0 bridgehead atoms. The number of hydrogen-bond acceptors (Lipinski definition) is 9. The number of nitrogens with one attached hydrogen (secondary N) is 1. The van der Waals surface area contributed by atoms with Crippen LogP contribution in [0.1, 0.15) is 34.7 Å². The molecule has 11 heteroatoms. The molecule has 0 aromatic heterocycles. The van der Waals surface area contributed by atoms with Crippen LogP contribution in [0.15, 0.2) is 12.1 Å². The van der Waals surface area contributed by atoms with Crippen molar-refractivity contribution in [2.45, 2.75) is 42.8 Å². The van der Waals surface area contributed by atoms with E-state index in [-0.39, 0.29) is 47.1 Å². The minimum absolute atomic E-state index is 0.0632. The van der Waals surface area contributed by atoms with Gasteiger partial charge in [0.25, 0.3) is 0 Å². The summed E-state index contributed by atoms with van der Waals surface area (Å²) in [5.74, 6) is -2.33. The maximum atomic E-state index is 11.8. The second kappa shape index (κ2) is 6.33. The fourth-order valence-electron chi connectivity index (χ4n) is 4.84. The summed E-state index contributed by atoms with van der Waals surface area (Å²) in [7, 11) is 0. The molecule has 0 unspecified atom stereocenters. The predicted octanol–water partition coefficient (Wildman–Crippen LogP) is -2.50. The Balaban J connectivity index is 1.30. The molecule has 5 rings (SSSR count). The van der Waals surface area contributed by atoms with Crippen LogP contribution in [-0.2, 0) is 4.79 Å². The van der Waals surface area contributed by atoms with Gasteiger partial charge in [-0.25, -0.2) is 0 Å². The Kier molecular flexibility index (Phi) is 4.08. The summed E-state index contributed by atoms with van der Waals surface area (Å²) in [5, 5.41) is 35.0. The van der Waals surface area contributed by atoms with Crippen molar-refractivity contribution in [3.8, 4) is 11.5 Å². The Labute approximate surface area is 166 Å². The molecule has 3 heterocycles. The maximum absolute atomic E-state index is 11.8. The average molecular weight is 403 g/mol. The van der Waals surface area contributed by atoms with Crippen LogP contribution < -0.4 is 25.5 Å². The smallest absolute Gasteiger partial charge is 0.434 e. The number of hydrogen-bond donors (Lipinski definition) is 4. The zero-order valence-electron chi connectivity index (χ0n) is 15.6. The molecule has 3 aliphatic heterocycles. The maximum Gasteiger partial charge on any atom is 0.434 e. The number of fused-ring (bicyclic) bond motifs is 3. The number of likely N-dealkylation sites (tertiary alicyclic amines) is 1. The van der Waals surface area contributed by atoms with Crippen LogP contribution in [-0.4, -0.2) is 71.4 Å². The van der Waals surface area contributed by atoms with Gasteiger partial charge in [-0.1, -0.05) is 18.3 Å². The highest BCUT2D eigenvalue weighted by molar-refractivity contribution is 6.62. The van der Waals surface area contributed by atoms with Gasteiger partial charge in [-0.05, 0) is 24.0 Å². The zero-order chi connectivity index (χ0) is 20.5. The van der Waals surface area contributed by atoms with E-state index >= 15 is 0 Å². The molecule has 1 aromatic rings. The molecule has 1 aliphatic carbocycles. The van der Waals surface area contributed by atoms with Gasteiger partial charge in [-0.3, -0.25) is 9.69 Å². The van der Waals surface area contributed by atoms with Gasteiger partial charge in [0.1, 0.15) is 11.9 Å². The number of benzene rings is 1. The second-order valence-electron chi connectivity index (χ2n) is 8.48. The van der Waals surface area contributed by atoms with Crippen molar-refractivity contribution in [3.63, 3.8) is 0 Å².